The number of aliphatic imine (C=N–C) groups is 1. The van der Waals surface area contributed by atoms with Gasteiger partial charge in [-0.25, -0.2) is 4.79 Å². The number of nitrogens with zero attached hydrogens (tertiary/aromatic N) is 3. The van der Waals surface area contributed by atoms with Crippen LogP contribution in [0.2, 0.25) is 0 Å². The van der Waals surface area contributed by atoms with Crippen LogP contribution in [-0.4, -0.2) is 16.7 Å². The SMILES string of the molecule is O=C1N=C(c2ccccc2)[n+]2ccncc21. The highest BCUT2D eigenvalue weighted by atomic mass is 16.1. The molecule has 16 heavy (non-hydrogen) atoms. The van der Waals surface area contributed by atoms with Crippen LogP contribution >= 0.6 is 0 Å². The van der Waals surface area contributed by atoms with E-state index in [1.807, 2.05) is 30.3 Å². The van der Waals surface area contributed by atoms with Crippen molar-refractivity contribution in [1.82, 2.24) is 4.98 Å². The van der Waals surface area contributed by atoms with Gasteiger partial charge in [-0.3, -0.25) is 4.98 Å². The summed E-state index contributed by atoms with van der Waals surface area (Å²) in [6, 6.07) is 9.62. The number of rotatable bonds is 1. The van der Waals surface area contributed by atoms with Crippen LogP contribution in [0.1, 0.15) is 16.1 Å². The Morgan fingerprint density at radius 1 is 1.12 bits per heavy atom. The first-order chi connectivity index (χ1) is 7.86. The number of hydrogen-bond acceptors (Lipinski definition) is 2. The van der Waals surface area contributed by atoms with E-state index in [2.05, 4.69) is 9.98 Å². The predicted octanol–water partition coefficient (Wildman–Crippen LogP) is 0.818. The lowest BCUT2D eigenvalue weighted by Gasteiger charge is -1.96. The van der Waals surface area contributed by atoms with E-state index in [9.17, 15) is 4.79 Å². The molecule has 2 aromatic rings. The first-order valence-electron chi connectivity index (χ1n) is 4.91. The van der Waals surface area contributed by atoms with E-state index in [0.717, 1.165) is 5.56 Å². The Hall–Kier alpha value is -2.36. The van der Waals surface area contributed by atoms with Gasteiger partial charge < -0.3 is 0 Å². The van der Waals surface area contributed by atoms with Crippen LogP contribution in [0, 0.1) is 0 Å². The Bertz CT molecular complexity index is 590. The molecule has 0 bridgehead atoms. The minimum absolute atomic E-state index is 0.244. The molecule has 1 aliphatic rings. The van der Waals surface area contributed by atoms with Crippen LogP contribution in [0.25, 0.3) is 0 Å². The van der Waals surface area contributed by atoms with Gasteiger partial charge in [0.25, 0.3) is 0 Å². The maximum Gasteiger partial charge on any atom is 0.424 e. The Morgan fingerprint density at radius 2 is 1.94 bits per heavy atom. The van der Waals surface area contributed by atoms with Gasteiger partial charge in [-0.15, -0.1) is 0 Å². The van der Waals surface area contributed by atoms with Crippen molar-refractivity contribution in [3.8, 4) is 0 Å². The molecule has 0 atom stereocenters. The first kappa shape index (κ1) is 8.91. The number of amides is 1. The molecule has 0 spiro atoms. The number of aromatic nitrogens is 2. The third-order valence-electron chi connectivity index (χ3n) is 2.44. The van der Waals surface area contributed by atoms with Crippen molar-refractivity contribution < 1.29 is 9.36 Å². The third kappa shape index (κ3) is 1.24. The van der Waals surface area contributed by atoms with Gasteiger partial charge in [-0.05, 0) is 12.1 Å². The average molecular weight is 210 g/mol. The molecule has 0 unspecified atom stereocenters. The number of fused-ring (bicyclic) bond motifs is 1. The van der Waals surface area contributed by atoms with Gasteiger partial charge in [0.15, 0.2) is 0 Å². The number of benzene rings is 1. The lowest BCUT2D eigenvalue weighted by atomic mass is 10.2. The molecule has 1 aromatic heterocycles. The normalized spacial score (nSPS) is 13.5. The molecule has 0 fully saturated rings. The summed E-state index contributed by atoms with van der Waals surface area (Å²) in [5.74, 6) is 0.412. The fraction of sp³-hybridized carbons (Fsp3) is 0. The van der Waals surface area contributed by atoms with Gasteiger partial charge in [-0.1, -0.05) is 18.2 Å². The molecule has 0 aliphatic carbocycles. The molecule has 0 saturated carbocycles. The molecule has 0 radical (unpaired) electrons. The van der Waals surface area contributed by atoms with Gasteiger partial charge in [-0.2, -0.15) is 4.57 Å². The zero-order valence-electron chi connectivity index (χ0n) is 8.37. The summed E-state index contributed by atoms with van der Waals surface area (Å²) in [5.41, 5.74) is 1.42. The molecule has 4 heteroatoms. The van der Waals surface area contributed by atoms with Crippen LogP contribution in [-0.2, 0) is 0 Å². The zero-order valence-corrected chi connectivity index (χ0v) is 8.37. The van der Waals surface area contributed by atoms with Crippen molar-refractivity contribution in [2.45, 2.75) is 0 Å². The van der Waals surface area contributed by atoms with E-state index in [1.54, 1.807) is 17.0 Å². The number of hydrogen-bond donors (Lipinski definition) is 0. The van der Waals surface area contributed by atoms with Gasteiger partial charge in [0, 0.05) is 4.99 Å². The smallest absolute Gasteiger partial charge is 0.256 e. The number of carbonyl (C=O) groups is 1. The third-order valence-corrected chi connectivity index (χ3v) is 2.44. The minimum Gasteiger partial charge on any atom is -0.256 e. The second kappa shape index (κ2) is 3.34. The first-order valence-corrected chi connectivity index (χ1v) is 4.91. The van der Waals surface area contributed by atoms with E-state index in [-0.39, 0.29) is 5.91 Å². The highest BCUT2D eigenvalue weighted by Crippen LogP contribution is 2.07. The zero-order chi connectivity index (χ0) is 11.0. The molecule has 3 rings (SSSR count). The maximum absolute atomic E-state index is 11.6. The lowest BCUT2D eigenvalue weighted by Crippen LogP contribution is -2.43. The molecule has 1 amide bonds. The molecule has 1 aliphatic heterocycles. The van der Waals surface area contributed by atoms with Crippen molar-refractivity contribution in [2.75, 3.05) is 0 Å². The summed E-state index contributed by atoms with van der Waals surface area (Å²) < 4.78 is 1.75. The van der Waals surface area contributed by atoms with Gasteiger partial charge in [0.2, 0.25) is 5.69 Å². The van der Waals surface area contributed by atoms with Crippen molar-refractivity contribution in [1.29, 1.82) is 0 Å². The van der Waals surface area contributed by atoms with Gasteiger partial charge >= 0.3 is 11.7 Å². The summed E-state index contributed by atoms with van der Waals surface area (Å²) in [6.07, 6.45) is 4.91. The maximum atomic E-state index is 11.6. The lowest BCUT2D eigenvalue weighted by molar-refractivity contribution is -0.553. The Morgan fingerprint density at radius 3 is 2.75 bits per heavy atom. The molecule has 4 nitrogen and oxygen atoms in total. The molecular formula is C12H8N3O+. The summed E-state index contributed by atoms with van der Waals surface area (Å²) in [4.78, 5) is 19.5. The standard InChI is InChI=1S/C12H8N3O/c16-12-10-8-13-6-7-15(10)11(14-12)9-4-2-1-3-5-9/h1-8H/q+1. The van der Waals surface area contributed by atoms with E-state index >= 15 is 0 Å². The fourth-order valence-electron chi connectivity index (χ4n) is 1.70. The summed E-state index contributed by atoms with van der Waals surface area (Å²) in [6.45, 7) is 0. The number of carbonyl (C=O) groups excluding carboxylic acids is 1. The van der Waals surface area contributed by atoms with Crippen molar-refractivity contribution in [2.24, 2.45) is 4.99 Å². The van der Waals surface area contributed by atoms with Crippen LogP contribution in [0.15, 0.2) is 53.9 Å². The molecular weight excluding hydrogens is 202 g/mol. The minimum atomic E-state index is -0.244. The predicted molar refractivity (Wildman–Crippen MR) is 57.1 cm³/mol. The second-order valence-corrected chi connectivity index (χ2v) is 3.44. The topological polar surface area (TPSA) is 46.2 Å². The van der Waals surface area contributed by atoms with Crippen LogP contribution in [0.3, 0.4) is 0 Å². The molecule has 76 valence electrons. The van der Waals surface area contributed by atoms with Crippen molar-refractivity contribution in [3.63, 3.8) is 0 Å². The Labute approximate surface area is 91.9 Å². The van der Waals surface area contributed by atoms with Crippen molar-refractivity contribution >= 4 is 11.7 Å². The quantitative estimate of drug-likeness (QED) is 0.654. The Balaban J connectivity index is 2.19. The molecule has 1 aromatic carbocycles. The van der Waals surface area contributed by atoms with E-state index in [4.69, 9.17) is 0 Å². The van der Waals surface area contributed by atoms with E-state index in [0.29, 0.717) is 11.5 Å². The van der Waals surface area contributed by atoms with Crippen molar-refractivity contribution in [3.05, 3.63) is 60.2 Å². The van der Waals surface area contributed by atoms with E-state index < -0.39 is 0 Å². The molecule has 0 saturated heterocycles. The molecule has 0 N–H and O–H groups in total. The summed E-state index contributed by atoms with van der Waals surface area (Å²) in [5, 5.41) is 0. The van der Waals surface area contributed by atoms with Gasteiger partial charge in [0.1, 0.15) is 6.20 Å². The van der Waals surface area contributed by atoms with Crippen LogP contribution in [0.5, 0.6) is 0 Å². The summed E-state index contributed by atoms with van der Waals surface area (Å²) in [7, 11) is 0. The highest BCUT2D eigenvalue weighted by Gasteiger charge is 2.34. The largest absolute Gasteiger partial charge is 0.424 e. The summed E-state index contributed by atoms with van der Waals surface area (Å²) >= 11 is 0. The fourth-order valence-corrected chi connectivity index (χ4v) is 1.70. The second-order valence-electron chi connectivity index (χ2n) is 3.44. The monoisotopic (exact) mass is 210 g/mol. The average Bonchev–Trinajstić information content (AvgIpc) is 2.69. The van der Waals surface area contributed by atoms with Crippen LogP contribution < -0.4 is 4.57 Å². The Kier molecular flexibility index (Phi) is 1.86. The van der Waals surface area contributed by atoms with Gasteiger partial charge in [0.05, 0.1) is 18.0 Å². The molecule has 2 heterocycles. The highest BCUT2D eigenvalue weighted by molar-refractivity contribution is 6.08. The van der Waals surface area contributed by atoms with E-state index in [1.165, 1.54) is 6.20 Å². The van der Waals surface area contributed by atoms with Crippen LogP contribution in [0.4, 0.5) is 0 Å².